The van der Waals surface area contributed by atoms with Gasteiger partial charge in [-0.05, 0) is 19.9 Å². The fourth-order valence-corrected chi connectivity index (χ4v) is 3.86. The number of hydrogen-bond acceptors (Lipinski definition) is 5. The first-order chi connectivity index (χ1) is 8.79. The molecule has 2 atom stereocenters. The first-order valence-corrected chi connectivity index (χ1v) is 8.66. The van der Waals surface area contributed by atoms with E-state index in [-0.39, 0.29) is 0 Å². The Morgan fingerprint density at radius 3 is 3.11 bits per heavy atom. The van der Waals surface area contributed by atoms with Gasteiger partial charge in [-0.15, -0.1) is 11.3 Å². The summed E-state index contributed by atoms with van der Waals surface area (Å²) in [4.78, 5) is 4.57. The van der Waals surface area contributed by atoms with E-state index in [4.69, 9.17) is 4.74 Å². The minimum absolute atomic E-state index is 0.333. The van der Waals surface area contributed by atoms with Crippen LogP contribution in [0.5, 0.6) is 0 Å². The summed E-state index contributed by atoms with van der Waals surface area (Å²) in [5.74, 6) is 2.24. The van der Waals surface area contributed by atoms with Gasteiger partial charge >= 0.3 is 0 Å². The number of rotatable bonds is 6. The van der Waals surface area contributed by atoms with E-state index in [1.807, 2.05) is 11.8 Å². The third-order valence-corrected chi connectivity index (χ3v) is 5.02. The smallest absolute Gasteiger partial charge is 0.0944 e. The Morgan fingerprint density at radius 2 is 2.50 bits per heavy atom. The molecular weight excluding hydrogens is 264 g/mol. The lowest BCUT2D eigenvalue weighted by atomic mass is 10.1. The van der Waals surface area contributed by atoms with Crippen molar-refractivity contribution < 1.29 is 4.74 Å². The van der Waals surface area contributed by atoms with Crippen LogP contribution in [0.3, 0.4) is 0 Å². The summed E-state index contributed by atoms with van der Waals surface area (Å²) in [6, 6.07) is 0.406. The zero-order valence-electron chi connectivity index (χ0n) is 11.1. The van der Waals surface area contributed by atoms with Crippen LogP contribution in [0.1, 0.15) is 24.0 Å². The van der Waals surface area contributed by atoms with Gasteiger partial charge in [0.05, 0.1) is 17.7 Å². The molecule has 1 aromatic rings. The molecule has 1 aliphatic rings. The topological polar surface area (TPSA) is 34.2 Å². The number of nitrogens with zero attached hydrogens (tertiary/aromatic N) is 1. The van der Waals surface area contributed by atoms with Gasteiger partial charge in [0.2, 0.25) is 0 Å². The van der Waals surface area contributed by atoms with Gasteiger partial charge in [0, 0.05) is 35.0 Å². The van der Waals surface area contributed by atoms with E-state index in [9.17, 15) is 0 Å². The van der Waals surface area contributed by atoms with Gasteiger partial charge in [0.25, 0.3) is 0 Å². The number of thioether (sulfide) groups is 1. The molecule has 2 rings (SSSR count). The fourth-order valence-electron chi connectivity index (χ4n) is 2.09. The van der Waals surface area contributed by atoms with Crippen LogP contribution >= 0.6 is 23.1 Å². The highest BCUT2D eigenvalue weighted by molar-refractivity contribution is 7.99. The molecule has 1 aromatic heterocycles. The molecule has 0 aliphatic carbocycles. The summed E-state index contributed by atoms with van der Waals surface area (Å²) in [5.41, 5.74) is 1.13. The lowest BCUT2D eigenvalue weighted by Gasteiger charge is -2.30. The van der Waals surface area contributed by atoms with E-state index < -0.39 is 0 Å². The Kier molecular flexibility index (Phi) is 5.95. The molecule has 1 saturated heterocycles. The van der Waals surface area contributed by atoms with Gasteiger partial charge in [-0.25, -0.2) is 4.98 Å². The Hall–Kier alpha value is -0.100. The van der Waals surface area contributed by atoms with Crippen LogP contribution in [0.15, 0.2) is 5.38 Å². The molecular formula is C13H22N2OS2. The maximum atomic E-state index is 5.91. The SMILES string of the molecule is CCCNC(Cc1nc(C)cs1)C1CSCCO1. The normalized spacial score (nSPS) is 22.0. The van der Waals surface area contributed by atoms with E-state index in [0.29, 0.717) is 12.1 Å². The van der Waals surface area contributed by atoms with Gasteiger partial charge in [0.1, 0.15) is 0 Å². The Labute approximate surface area is 118 Å². The van der Waals surface area contributed by atoms with Crippen molar-refractivity contribution >= 4 is 23.1 Å². The molecule has 3 nitrogen and oxygen atoms in total. The monoisotopic (exact) mass is 286 g/mol. The summed E-state index contributed by atoms with van der Waals surface area (Å²) in [6.45, 7) is 6.20. The van der Waals surface area contributed by atoms with E-state index in [2.05, 4.69) is 29.5 Å². The molecule has 0 saturated carbocycles. The average molecular weight is 286 g/mol. The number of ether oxygens (including phenoxy) is 1. The van der Waals surface area contributed by atoms with Gasteiger partial charge in [-0.3, -0.25) is 0 Å². The number of thiazole rings is 1. The molecule has 1 N–H and O–H groups in total. The highest BCUT2D eigenvalue weighted by Gasteiger charge is 2.25. The van der Waals surface area contributed by atoms with Crippen molar-refractivity contribution in [2.24, 2.45) is 0 Å². The standard InChI is InChI=1S/C13H22N2OS2/c1-3-4-14-11(12-9-17-6-5-16-12)7-13-15-10(2)8-18-13/h8,11-12,14H,3-7,9H2,1-2H3. The second-order valence-corrected chi connectivity index (χ2v) is 6.72. The van der Waals surface area contributed by atoms with Crippen molar-refractivity contribution in [1.29, 1.82) is 0 Å². The van der Waals surface area contributed by atoms with Crippen LogP contribution in [0.4, 0.5) is 0 Å². The second kappa shape index (κ2) is 7.48. The van der Waals surface area contributed by atoms with Crippen molar-refractivity contribution in [3.05, 3.63) is 16.1 Å². The van der Waals surface area contributed by atoms with E-state index >= 15 is 0 Å². The highest BCUT2D eigenvalue weighted by Crippen LogP contribution is 2.19. The van der Waals surface area contributed by atoms with Crippen LogP contribution in [-0.4, -0.2) is 41.8 Å². The van der Waals surface area contributed by atoms with Crippen LogP contribution in [-0.2, 0) is 11.2 Å². The molecule has 102 valence electrons. The third kappa shape index (κ3) is 4.23. The predicted octanol–water partition coefficient (Wildman–Crippen LogP) is 2.49. The van der Waals surface area contributed by atoms with Crippen molar-refractivity contribution in [3.8, 4) is 0 Å². The summed E-state index contributed by atoms with van der Waals surface area (Å²) in [5, 5.41) is 6.98. The minimum Gasteiger partial charge on any atom is -0.375 e. The molecule has 0 bridgehead atoms. The van der Waals surface area contributed by atoms with Gasteiger partial charge in [0.15, 0.2) is 0 Å². The van der Waals surface area contributed by atoms with Crippen LogP contribution in [0.2, 0.25) is 0 Å². The van der Waals surface area contributed by atoms with Crippen molar-refractivity contribution in [2.45, 2.75) is 38.8 Å². The molecule has 0 spiro atoms. The fraction of sp³-hybridized carbons (Fsp3) is 0.769. The summed E-state index contributed by atoms with van der Waals surface area (Å²) in [6.07, 6.45) is 2.48. The zero-order valence-corrected chi connectivity index (χ0v) is 12.8. The molecule has 18 heavy (non-hydrogen) atoms. The molecule has 0 amide bonds. The maximum Gasteiger partial charge on any atom is 0.0944 e. The van der Waals surface area contributed by atoms with Crippen molar-refractivity contribution in [1.82, 2.24) is 10.3 Å². The van der Waals surface area contributed by atoms with Crippen molar-refractivity contribution in [3.63, 3.8) is 0 Å². The molecule has 5 heteroatoms. The van der Waals surface area contributed by atoms with E-state index in [1.165, 1.54) is 5.01 Å². The molecule has 1 aliphatic heterocycles. The average Bonchev–Trinajstić information content (AvgIpc) is 2.81. The lowest BCUT2D eigenvalue weighted by molar-refractivity contribution is 0.0472. The molecule has 0 radical (unpaired) electrons. The molecule has 2 heterocycles. The van der Waals surface area contributed by atoms with Crippen molar-refractivity contribution in [2.75, 3.05) is 24.7 Å². The largest absolute Gasteiger partial charge is 0.375 e. The zero-order chi connectivity index (χ0) is 12.8. The number of aromatic nitrogens is 1. The third-order valence-electron chi connectivity index (χ3n) is 3.01. The summed E-state index contributed by atoms with van der Waals surface area (Å²) >= 11 is 3.76. The lowest BCUT2D eigenvalue weighted by Crippen LogP contribution is -2.46. The Morgan fingerprint density at radius 1 is 1.61 bits per heavy atom. The number of nitrogens with one attached hydrogen (secondary N) is 1. The molecule has 2 unspecified atom stereocenters. The van der Waals surface area contributed by atoms with Gasteiger partial charge < -0.3 is 10.1 Å². The first-order valence-electron chi connectivity index (χ1n) is 6.63. The van der Waals surface area contributed by atoms with Crippen LogP contribution < -0.4 is 5.32 Å². The number of aryl methyl sites for hydroxylation is 1. The maximum absolute atomic E-state index is 5.91. The quantitative estimate of drug-likeness (QED) is 0.871. The van der Waals surface area contributed by atoms with E-state index in [0.717, 1.165) is 43.2 Å². The van der Waals surface area contributed by atoms with Gasteiger partial charge in [-0.2, -0.15) is 11.8 Å². The van der Waals surface area contributed by atoms with Gasteiger partial charge in [-0.1, -0.05) is 6.92 Å². The van der Waals surface area contributed by atoms with Crippen LogP contribution in [0.25, 0.3) is 0 Å². The summed E-state index contributed by atoms with van der Waals surface area (Å²) in [7, 11) is 0. The number of hydrogen-bond donors (Lipinski definition) is 1. The second-order valence-electron chi connectivity index (χ2n) is 4.63. The Balaban J connectivity index is 1.94. The Bertz CT molecular complexity index is 351. The first kappa shape index (κ1) is 14.3. The predicted molar refractivity (Wildman–Crippen MR) is 79.7 cm³/mol. The van der Waals surface area contributed by atoms with E-state index in [1.54, 1.807) is 11.3 Å². The molecule has 0 aromatic carbocycles. The summed E-state index contributed by atoms with van der Waals surface area (Å²) < 4.78 is 5.91. The van der Waals surface area contributed by atoms with Crippen LogP contribution in [0, 0.1) is 6.92 Å². The molecule has 1 fully saturated rings. The highest BCUT2D eigenvalue weighted by atomic mass is 32.2. The minimum atomic E-state index is 0.333.